The number of H-pyrrole nitrogens is 1. The number of para-hydroxylation sites is 1. The molecule has 8 heteroatoms. The molecule has 4 rings (SSSR count). The molecular formula is C24H25ClN4O2S. The molecule has 0 radical (unpaired) electrons. The fourth-order valence-corrected chi connectivity index (χ4v) is 4.82. The Hall–Kier alpha value is -2.77. The highest BCUT2D eigenvalue weighted by Gasteiger charge is 2.23. The van der Waals surface area contributed by atoms with E-state index >= 15 is 0 Å². The third-order valence-electron chi connectivity index (χ3n) is 5.55. The molecule has 1 fully saturated rings. The first-order valence-corrected chi connectivity index (χ1v) is 11.9. The number of benzene rings is 2. The molecule has 0 aliphatic carbocycles. The van der Waals surface area contributed by atoms with Gasteiger partial charge in [-0.25, -0.2) is 4.98 Å². The average molecular weight is 469 g/mol. The summed E-state index contributed by atoms with van der Waals surface area (Å²) in [6.45, 7) is 4.64. The van der Waals surface area contributed by atoms with Crippen LogP contribution in [0.5, 0.6) is 0 Å². The number of aromatic nitrogens is 2. The maximum atomic E-state index is 12.9. The molecule has 0 unspecified atom stereocenters. The highest BCUT2D eigenvalue weighted by molar-refractivity contribution is 7.98. The number of carbonyl (C=O) groups excluding carboxylic acids is 1. The number of thioether (sulfide) groups is 1. The Bertz CT molecular complexity index is 1140. The van der Waals surface area contributed by atoms with Gasteiger partial charge in [0.1, 0.15) is 0 Å². The van der Waals surface area contributed by atoms with Crippen LogP contribution in [0.1, 0.15) is 16.8 Å². The van der Waals surface area contributed by atoms with Crippen LogP contribution in [0.3, 0.4) is 0 Å². The second-order valence-corrected chi connectivity index (χ2v) is 9.13. The van der Waals surface area contributed by atoms with Crippen molar-refractivity contribution in [3.63, 3.8) is 0 Å². The van der Waals surface area contributed by atoms with Crippen molar-refractivity contribution in [2.45, 2.75) is 24.3 Å². The van der Waals surface area contributed by atoms with Crippen molar-refractivity contribution in [2.75, 3.05) is 31.1 Å². The summed E-state index contributed by atoms with van der Waals surface area (Å²) in [6.07, 6.45) is 0.0682. The summed E-state index contributed by atoms with van der Waals surface area (Å²) in [5.41, 5.74) is 3.01. The number of carbonyl (C=O) groups is 1. The van der Waals surface area contributed by atoms with Crippen molar-refractivity contribution < 1.29 is 4.79 Å². The van der Waals surface area contributed by atoms with Crippen molar-refractivity contribution in [1.82, 2.24) is 14.9 Å². The number of aryl methyl sites for hydroxylation is 1. The van der Waals surface area contributed by atoms with E-state index in [0.717, 1.165) is 18.7 Å². The van der Waals surface area contributed by atoms with Crippen molar-refractivity contribution in [3.05, 3.63) is 86.8 Å². The largest absolute Gasteiger partial charge is 0.368 e. The molecule has 1 saturated heterocycles. The van der Waals surface area contributed by atoms with E-state index in [1.54, 1.807) is 6.92 Å². The van der Waals surface area contributed by atoms with Gasteiger partial charge in [-0.1, -0.05) is 53.7 Å². The number of amides is 1. The van der Waals surface area contributed by atoms with E-state index in [1.807, 2.05) is 47.4 Å². The molecular weight excluding hydrogens is 444 g/mol. The number of nitrogens with zero attached hydrogens (tertiary/aromatic N) is 3. The van der Waals surface area contributed by atoms with Crippen LogP contribution < -0.4 is 10.5 Å². The monoisotopic (exact) mass is 468 g/mol. The van der Waals surface area contributed by atoms with Crippen molar-refractivity contribution in [3.8, 4) is 0 Å². The minimum Gasteiger partial charge on any atom is -0.368 e. The Labute approximate surface area is 196 Å². The van der Waals surface area contributed by atoms with Crippen molar-refractivity contribution in [2.24, 2.45) is 0 Å². The smallest absolute Gasteiger partial charge is 0.255 e. The second-order valence-electron chi connectivity index (χ2n) is 7.73. The summed E-state index contributed by atoms with van der Waals surface area (Å²) in [4.78, 5) is 37.0. The summed E-state index contributed by atoms with van der Waals surface area (Å²) in [5.74, 6) is 0.611. The van der Waals surface area contributed by atoms with E-state index in [1.165, 1.54) is 17.4 Å². The van der Waals surface area contributed by atoms with Crippen LogP contribution in [-0.4, -0.2) is 47.0 Å². The van der Waals surface area contributed by atoms with Crippen molar-refractivity contribution >= 4 is 35.0 Å². The summed E-state index contributed by atoms with van der Waals surface area (Å²) in [6, 6.07) is 17.8. The van der Waals surface area contributed by atoms with Crippen LogP contribution in [0.15, 0.2) is 64.5 Å². The predicted molar refractivity (Wildman–Crippen MR) is 130 cm³/mol. The normalized spacial score (nSPS) is 13.9. The van der Waals surface area contributed by atoms with Gasteiger partial charge in [-0.2, -0.15) is 0 Å². The minimum atomic E-state index is -0.248. The first kappa shape index (κ1) is 22.4. The third kappa shape index (κ3) is 5.53. The second kappa shape index (κ2) is 10.2. The molecule has 2 heterocycles. The lowest BCUT2D eigenvalue weighted by Crippen LogP contribution is -2.49. The molecule has 0 spiro atoms. The van der Waals surface area contributed by atoms with Gasteiger partial charge in [0.05, 0.1) is 6.42 Å². The summed E-state index contributed by atoms with van der Waals surface area (Å²) in [5, 5.41) is 1.22. The first-order chi connectivity index (χ1) is 15.5. The molecule has 0 atom stereocenters. The summed E-state index contributed by atoms with van der Waals surface area (Å²) >= 11 is 7.47. The van der Waals surface area contributed by atoms with E-state index in [0.29, 0.717) is 40.3 Å². The molecule has 6 nitrogen and oxygen atoms in total. The Balaban J connectivity index is 1.35. The number of rotatable bonds is 6. The predicted octanol–water partition coefficient (Wildman–Crippen LogP) is 3.92. The van der Waals surface area contributed by atoms with Gasteiger partial charge < -0.3 is 14.8 Å². The SMILES string of the molecule is Cc1nc(SCc2cccc(Cl)c2)[nH]c(=O)c1CC(=O)N1CCN(c2ccccc2)CC1. The molecule has 1 aromatic heterocycles. The zero-order chi connectivity index (χ0) is 22.5. The Morgan fingerprint density at radius 2 is 1.84 bits per heavy atom. The van der Waals surface area contributed by atoms with Crippen LogP contribution >= 0.6 is 23.4 Å². The Morgan fingerprint density at radius 1 is 1.09 bits per heavy atom. The van der Waals surface area contributed by atoms with E-state index in [4.69, 9.17) is 11.6 Å². The molecule has 3 aromatic rings. The summed E-state index contributed by atoms with van der Waals surface area (Å²) < 4.78 is 0. The lowest BCUT2D eigenvalue weighted by molar-refractivity contribution is -0.130. The number of piperazine rings is 1. The molecule has 0 saturated carbocycles. The highest BCUT2D eigenvalue weighted by Crippen LogP contribution is 2.21. The molecule has 32 heavy (non-hydrogen) atoms. The van der Waals surface area contributed by atoms with Gasteiger partial charge in [0.15, 0.2) is 5.16 Å². The molecule has 1 amide bonds. The number of aromatic amines is 1. The van der Waals surface area contributed by atoms with E-state index < -0.39 is 0 Å². The average Bonchev–Trinajstić information content (AvgIpc) is 2.81. The van der Waals surface area contributed by atoms with Gasteiger partial charge in [0, 0.05) is 53.9 Å². The van der Waals surface area contributed by atoms with Gasteiger partial charge in [-0.15, -0.1) is 0 Å². The number of nitrogens with one attached hydrogen (secondary N) is 1. The lowest BCUT2D eigenvalue weighted by atomic mass is 10.1. The molecule has 1 aliphatic rings. The molecule has 1 aliphatic heterocycles. The zero-order valence-corrected chi connectivity index (χ0v) is 19.5. The maximum absolute atomic E-state index is 12.9. The number of halogens is 1. The Kier molecular flexibility index (Phi) is 7.17. The lowest BCUT2D eigenvalue weighted by Gasteiger charge is -2.36. The van der Waals surface area contributed by atoms with Crippen LogP contribution in [0.25, 0.3) is 0 Å². The van der Waals surface area contributed by atoms with Crippen LogP contribution in [0.2, 0.25) is 5.02 Å². The molecule has 1 N–H and O–H groups in total. The number of hydrogen-bond acceptors (Lipinski definition) is 5. The molecule has 2 aromatic carbocycles. The van der Waals surface area contributed by atoms with E-state index in [9.17, 15) is 9.59 Å². The Morgan fingerprint density at radius 3 is 2.53 bits per heavy atom. The van der Waals surface area contributed by atoms with Gasteiger partial charge in [-0.3, -0.25) is 9.59 Å². The highest BCUT2D eigenvalue weighted by atomic mass is 35.5. The van der Waals surface area contributed by atoms with Gasteiger partial charge in [0.2, 0.25) is 5.91 Å². The van der Waals surface area contributed by atoms with Gasteiger partial charge in [-0.05, 0) is 36.8 Å². The van der Waals surface area contributed by atoms with E-state index in [-0.39, 0.29) is 17.9 Å². The number of hydrogen-bond donors (Lipinski definition) is 1. The molecule has 0 bridgehead atoms. The van der Waals surface area contributed by atoms with Gasteiger partial charge in [0.25, 0.3) is 5.56 Å². The van der Waals surface area contributed by atoms with Crippen LogP contribution in [0, 0.1) is 6.92 Å². The van der Waals surface area contributed by atoms with Gasteiger partial charge >= 0.3 is 0 Å². The third-order valence-corrected chi connectivity index (χ3v) is 6.73. The first-order valence-electron chi connectivity index (χ1n) is 10.5. The fourth-order valence-electron chi connectivity index (χ4n) is 3.76. The van der Waals surface area contributed by atoms with Crippen LogP contribution in [-0.2, 0) is 17.0 Å². The quantitative estimate of drug-likeness (QED) is 0.438. The maximum Gasteiger partial charge on any atom is 0.255 e. The van der Waals surface area contributed by atoms with Crippen LogP contribution in [0.4, 0.5) is 5.69 Å². The topological polar surface area (TPSA) is 69.3 Å². The fraction of sp³-hybridized carbons (Fsp3) is 0.292. The summed E-state index contributed by atoms with van der Waals surface area (Å²) in [7, 11) is 0. The minimum absolute atomic E-state index is 0.0348. The van der Waals surface area contributed by atoms with Crippen molar-refractivity contribution in [1.29, 1.82) is 0 Å². The number of anilines is 1. The molecule has 166 valence electrons. The zero-order valence-electron chi connectivity index (χ0n) is 17.9. The van der Waals surface area contributed by atoms with E-state index in [2.05, 4.69) is 27.0 Å². The standard InChI is InChI=1S/C24H25ClN4O2S/c1-17-21(23(31)27-24(26-17)32-16-18-6-5-7-19(25)14-18)15-22(30)29-12-10-28(11-13-29)20-8-3-2-4-9-20/h2-9,14H,10-13,15-16H2,1H3,(H,26,27,31).